The maximum Gasteiger partial charge on any atom is 0.338 e. The number of rotatable bonds is 6. The van der Waals surface area contributed by atoms with Gasteiger partial charge >= 0.3 is 5.97 Å². The highest BCUT2D eigenvalue weighted by Gasteiger charge is 2.39. The molecule has 2 amide bonds. The Hall–Kier alpha value is -2.95. The van der Waals surface area contributed by atoms with Crippen molar-refractivity contribution in [2.45, 2.75) is 19.1 Å². The molecule has 0 spiro atoms. The Labute approximate surface area is 169 Å². The van der Waals surface area contributed by atoms with E-state index in [0.717, 1.165) is 9.78 Å². The fourth-order valence-electron chi connectivity index (χ4n) is 3.55. The lowest BCUT2D eigenvalue weighted by Gasteiger charge is -2.26. The number of anilines is 1. The first-order valence-electron chi connectivity index (χ1n) is 8.77. The molecule has 10 heteroatoms. The van der Waals surface area contributed by atoms with Gasteiger partial charge in [0.2, 0.25) is 0 Å². The number of imide groups is 1. The van der Waals surface area contributed by atoms with Gasteiger partial charge in [-0.2, -0.15) is 0 Å². The topological polar surface area (TPSA) is 128 Å². The van der Waals surface area contributed by atoms with E-state index in [2.05, 4.69) is 0 Å². The van der Waals surface area contributed by atoms with Gasteiger partial charge in [0.25, 0.3) is 11.8 Å². The summed E-state index contributed by atoms with van der Waals surface area (Å²) in [4.78, 5) is 38.9. The van der Waals surface area contributed by atoms with Gasteiger partial charge in [0.05, 0.1) is 35.9 Å². The van der Waals surface area contributed by atoms with Crippen molar-refractivity contribution in [2.24, 2.45) is 0 Å². The fourth-order valence-corrected chi connectivity index (χ4v) is 4.57. The Morgan fingerprint density at radius 2 is 2.10 bits per heavy atom. The van der Waals surface area contributed by atoms with Gasteiger partial charge < -0.3 is 25.1 Å². The van der Waals surface area contributed by atoms with Gasteiger partial charge in [-0.1, -0.05) is 0 Å². The number of hydrogen-bond acceptors (Lipinski definition) is 8. The van der Waals surface area contributed by atoms with Crippen LogP contribution in [0.3, 0.4) is 0 Å². The van der Waals surface area contributed by atoms with E-state index < -0.39 is 23.9 Å². The predicted octanol–water partition coefficient (Wildman–Crippen LogP) is 1.75. The maximum absolute atomic E-state index is 12.8. The zero-order chi connectivity index (χ0) is 20.7. The summed E-state index contributed by atoms with van der Waals surface area (Å²) >= 11 is 1.19. The van der Waals surface area contributed by atoms with Crippen LogP contribution in [0.4, 0.5) is 5.00 Å². The second kappa shape index (κ2) is 7.47. The molecule has 2 aromatic rings. The zero-order valence-corrected chi connectivity index (χ0v) is 16.3. The summed E-state index contributed by atoms with van der Waals surface area (Å²) in [7, 11) is 1.48. The molecule has 1 aromatic heterocycles. The van der Waals surface area contributed by atoms with Crippen LogP contribution in [-0.4, -0.2) is 54.3 Å². The maximum atomic E-state index is 12.8. The van der Waals surface area contributed by atoms with E-state index in [9.17, 15) is 19.5 Å². The number of ether oxygens (including phenoxy) is 3. The highest BCUT2D eigenvalue weighted by Crippen LogP contribution is 2.36. The molecule has 9 nitrogen and oxygen atoms in total. The van der Waals surface area contributed by atoms with Crippen molar-refractivity contribution in [3.63, 3.8) is 0 Å². The number of amides is 2. The molecule has 1 aromatic carbocycles. The van der Waals surface area contributed by atoms with Gasteiger partial charge in [0, 0.05) is 18.4 Å². The highest BCUT2D eigenvalue weighted by molar-refractivity contribution is 7.16. The van der Waals surface area contributed by atoms with E-state index in [-0.39, 0.29) is 42.5 Å². The number of aromatic carboxylic acids is 1. The van der Waals surface area contributed by atoms with Crippen LogP contribution in [0.15, 0.2) is 18.2 Å². The minimum absolute atomic E-state index is 0.0227. The van der Waals surface area contributed by atoms with E-state index in [1.54, 1.807) is 12.1 Å². The highest BCUT2D eigenvalue weighted by atomic mass is 32.1. The number of carbonyl (C=O) groups excluding carboxylic acids is 2. The van der Waals surface area contributed by atoms with Gasteiger partial charge in [-0.3, -0.25) is 14.5 Å². The molecule has 0 radical (unpaired) electrons. The molecule has 152 valence electrons. The van der Waals surface area contributed by atoms with Crippen LogP contribution >= 0.6 is 11.3 Å². The zero-order valence-electron chi connectivity index (χ0n) is 15.5. The molecule has 1 unspecified atom stereocenters. The van der Waals surface area contributed by atoms with Crippen LogP contribution < -0.4 is 10.5 Å². The van der Waals surface area contributed by atoms with Crippen LogP contribution in [0, 0.1) is 0 Å². The van der Waals surface area contributed by atoms with Gasteiger partial charge in [-0.15, -0.1) is 11.3 Å². The first kappa shape index (κ1) is 19.4. The Kier molecular flexibility index (Phi) is 4.99. The molecule has 4 rings (SSSR count). The van der Waals surface area contributed by atoms with Crippen LogP contribution in [0.25, 0.3) is 0 Å². The first-order valence-corrected chi connectivity index (χ1v) is 9.59. The fraction of sp³-hybridized carbons (Fsp3) is 0.316. The number of benzene rings is 1. The van der Waals surface area contributed by atoms with E-state index in [4.69, 9.17) is 19.9 Å². The number of methoxy groups -OCH3 is 1. The van der Waals surface area contributed by atoms with Crippen LogP contribution in [0.2, 0.25) is 0 Å². The van der Waals surface area contributed by atoms with Gasteiger partial charge in [-0.25, -0.2) is 4.79 Å². The number of carboxylic acid groups (broad SMARTS) is 1. The van der Waals surface area contributed by atoms with Crippen molar-refractivity contribution in [3.8, 4) is 5.75 Å². The number of nitrogen functional groups attached to an aromatic ring is 1. The van der Waals surface area contributed by atoms with Crippen LogP contribution in [-0.2, 0) is 22.5 Å². The summed E-state index contributed by atoms with van der Waals surface area (Å²) in [6, 6.07) is 4.65. The van der Waals surface area contributed by atoms with Gasteiger partial charge in [0.15, 0.2) is 6.79 Å². The SMILES string of the molecule is COCOc1ccc2c(c1)C(=O)N(CC1Cc3c(sc(N)c3C(=O)O)CO1)C2=O. The minimum atomic E-state index is -1.09. The quantitative estimate of drug-likeness (QED) is 0.536. The third kappa shape index (κ3) is 3.35. The van der Waals surface area contributed by atoms with Crippen molar-refractivity contribution in [3.05, 3.63) is 45.3 Å². The molecule has 3 heterocycles. The van der Waals surface area contributed by atoms with Crippen molar-refractivity contribution in [1.29, 1.82) is 0 Å². The third-order valence-electron chi connectivity index (χ3n) is 4.89. The van der Waals surface area contributed by atoms with E-state index in [0.29, 0.717) is 16.9 Å². The number of nitrogens with zero attached hydrogens (tertiary/aromatic N) is 1. The largest absolute Gasteiger partial charge is 0.478 e. The molecular formula is C19H18N2O7S. The Morgan fingerprint density at radius 3 is 2.83 bits per heavy atom. The smallest absolute Gasteiger partial charge is 0.338 e. The van der Waals surface area contributed by atoms with Crippen LogP contribution in [0.5, 0.6) is 5.75 Å². The molecule has 0 fully saturated rings. The number of hydrogen-bond donors (Lipinski definition) is 2. The van der Waals surface area contributed by atoms with E-state index in [1.165, 1.54) is 24.5 Å². The number of nitrogens with two attached hydrogens (primary N) is 1. The summed E-state index contributed by atoms with van der Waals surface area (Å²) < 4.78 is 15.9. The van der Waals surface area contributed by atoms with Gasteiger partial charge in [0.1, 0.15) is 10.8 Å². The average Bonchev–Trinajstić information content (AvgIpc) is 3.14. The molecule has 0 aliphatic carbocycles. The standard InChI is InChI=1S/C19H18N2O7S/c1-26-8-28-9-2-3-11-12(4-9)18(23)21(17(11)22)6-10-5-13-14(7-27-10)29-16(20)15(13)19(24)25/h2-4,10H,5-8,20H2,1H3,(H,24,25). The summed E-state index contributed by atoms with van der Waals surface area (Å²) in [6.45, 7) is 0.244. The molecule has 0 bridgehead atoms. The molecule has 3 N–H and O–H groups in total. The second-order valence-corrected chi connectivity index (χ2v) is 7.80. The summed E-state index contributed by atoms with van der Waals surface area (Å²) in [5.74, 6) is -1.52. The number of fused-ring (bicyclic) bond motifs is 2. The molecule has 1 atom stereocenters. The molecular weight excluding hydrogens is 400 g/mol. The lowest BCUT2D eigenvalue weighted by atomic mass is 10.0. The first-order chi connectivity index (χ1) is 13.9. The Balaban J connectivity index is 1.52. The molecule has 2 aliphatic heterocycles. The van der Waals surface area contributed by atoms with Crippen molar-refractivity contribution in [1.82, 2.24) is 4.90 Å². The Bertz CT molecular complexity index is 1020. The third-order valence-corrected chi connectivity index (χ3v) is 5.92. The predicted molar refractivity (Wildman–Crippen MR) is 102 cm³/mol. The molecule has 0 saturated heterocycles. The molecule has 0 saturated carbocycles. The monoisotopic (exact) mass is 418 g/mol. The molecule has 2 aliphatic rings. The normalized spacial score (nSPS) is 18.0. The minimum Gasteiger partial charge on any atom is -0.478 e. The lowest BCUT2D eigenvalue weighted by molar-refractivity contribution is 0.00931. The summed E-state index contributed by atoms with van der Waals surface area (Å²) in [5, 5.41) is 9.65. The van der Waals surface area contributed by atoms with Gasteiger partial charge in [-0.05, 0) is 23.8 Å². The van der Waals surface area contributed by atoms with Crippen molar-refractivity contribution in [2.75, 3.05) is 26.2 Å². The van der Waals surface area contributed by atoms with Crippen LogP contribution in [0.1, 0.15) is 41.5 Å². The Morgan fingerprint density at radius 1 is 1.34 bits per heavy atom. The average molecular weight is 418 g/mol. The molecule has 29 heavy (non-hydrogen) atoms. The number of carboxylic acids is 1. The van der Waals surface area contributed by atoms with Crippen molar-refractivity contribution < 1.29 is 33.7 Å². The van der Waals surface area contributed by atoms with E-state index in [1.807, 2.05) is 0 Å². The summed E-state index contributed by atoms with van der Waals surface area (Å²) in [6.07, 6.45) is -0.249. The number of carbonyl (C=O) groups is 3. The lowest BCUT2D eigenvalue weighted by Crippen LogP contribution is -2.40. The van der Waals surface area contributed by atoms with E-state index >= 15 is 0 Å². The second-order valence-electron chi connectivity index (χ2n) is 6.66. The van der Waals surface area contributed by atoms with Crippen molar-refractivity contribution >= 4 is 34.1 Å². The summed E-state index contributed by atoms with van der Waals surface area (Å²) in [5.41, 5.74) is 7.07. The number of thiophene rings is 1.